The number of carbonyl (C=O) groups excluding carboxylic acids is 1. The number of fused-ring (bicyclic) bond motifs is 1. The molecule has 2 aromatic rings. The van der Waals surface area contributed by atoms with Crippen LogP contribution in [0.4, 0.5) is 5.69 Å². The Labute approximate surface area is 112 Å². The van der Waals surface area contributed by atoms with Crippen molar-refractivity contribution in [2.75, 3.05) is 12.4 Å². The van der Waals surface area contributed by atoms with Crippen molar-refractivity contribution in [3.05, 3.63) is 24.1 Å². The van der Waals surface area contributed by atoms with E-state index in [-0.39, 0.29) is 17.9 Å². The largest absolute Gasteiger partial charge is 0.441 e. The molecule has 1 aromatic carbocycles. The van der Waals surface area contributed by atoms with Crippen LogP contribution in [-0.4, -0.2) is 24.0 Å². The van der Waals surface area contributed by atoms with E-state index < -0.39 is 0 Å². The normalized spacial score (nSPS) is 12.9. The standard InChI is InChI=1S/C14H19N3O2/c1-8(2)13(15-4)14(18)17-10-5-6-11-12(7-10)19-9(3)16-11/h5-8,13,15H,1-4H3,(H,17,18). The summed E-state index contributed by atoms with van der Waals surface area (Å²) in [5, 5.41) is 5.90. The van der Waals surface area contributed by atoms with Crippen LogP contribution in [-0.2, 0) is 4.79 Å². The molecule has 19 heavy (non-hydrogen) atoms. The van der Waals surface area contributed by atoms with Gasteiger partial charge in [-0.15, -0.1) is 0 Å². The zero-order valence-electron chi connectivity index (χ0n) is 11.7. The lowest BCUT2D eigenvalue weighted by atomic mass is 10.0. The fourth-order valence-corrected chi connectivity index (χ4v) is 2.10. The van der Waals surface area contributed by atoms with E-state index in [1.807, 2.05) is 26.0 Å². The molecule has 1 heterocycles. The number of anilines is 1. The van der Waals surface area contributed by atoms with Gasteiger partial charge in [-0.05, 0) is 25.1 Å². The molecule has 5 heteroatoms. The predicted octanol–water partition coefficient (Wildman–Crippen LogP) is 2.32. The first kappa shape index (κ1) is 13.5. The summed E-state index contributed by atoms with van der Waals surface area (Å²) < 4.78 is 5.45. The van der Waals surface area contributed by atoms with Crippen LogP contribution in [0.5, 0.6) is 0 Å². The van der Waals surface area contributed by atoms with E-state index in [0.717, 1.165) is 11.2 Å². The molecule has 0 aliphatic carbocycles. The molecule has 0 saturated heterocycles. The Balaban J connectivity index is 2.18. The maximum Gasteiger partial charge on any atom is 0.241 e. The van der Waals surface area contributed by atoms with E-state index >= 15 is 0 Å². The zero-order chi connectivity index (χ0) is 14.0. The first-order valence-corrected chi connectivity index (χ1v) is 6.36. The second-order valence-corrected chi connectivity index (χ2v) is 4.92. The van der Waals surface area contributed by atoms with Crippen LogP contribution in [0, 0.1) is 12.8 Å². The van der Waals surface area contributed by atoms with Gasteiger partial charge >= 0.3 is 0 Å². The van der Waals surface area contributed by atoms with Crippen molar-refractivity contribution in [1.82, 2.24) is 10.3 Å². The molecule has 0 fully saturated rings. The molecule has 1 aromatic heterocycles. The summed E-state index contributed by atoms with van der Waals surface area (Å²) in [5.74, 6) is 0.795. The Morgan fingerprint density at radius 2 is 2.11 bits per heavy atom. The Kier molecular flexibility index (Phi) is 3.85. The number of oxazole rings is 1. The summed E-state index contributed by atoms with van der Waals surface area (Å²) in [7, 11) is 1.78. The molecule has 0 spiro atoms. The van der Waals surface area contributed by atoms with Crippen molar-refractivity contribution in [2.24, 2.45) is 5.92 Å². The van der Waals surface area contributed by atoms with Gasteiger partial charge in [-0.1, -0.05) is 13.8 Å². The lowest BCUT2D eigenvalue weighted by molar-refractivity contribution is -0.118. The van der Waals surface area contributed by atoms with Gasteiger partial charge in [-0.3, -0.25) is 4.79 Å². The minimum Gasteiger partial charge on any atom is -0.441 e. The van der Waals surface area contributed by atoms with E-state index in [2.05, 4.69) is 15.6 Å². The number of hydrogen-bond acceptors (Lipinski definition) is 4. The smallest absolute Gasteiger partial charge is 0.241 e. The van der Waals surface area contributed by atoms with Gasteiger partial charge in [0.15, 0.2) is 11.5 Å². The Bertz CT molecular complexity index is 589. The summed E-state index contributed by atoms with van der Waals surface area (Å²) >= 11 is 0. The number of likely N-dealkylation sites (N-methyl/N-ethyl adjacent to an activating group) is 1. The first-order chi connectivity index (χ1) is 9.01. The maximum absolute atomic E-state index is 12.1. The number of nitrogens with one attached hydrogen (secondary N) is 2. The van der Waals surface area contributed by atoms with E-state index in [1.165, 1.54) is 0 Å². The van der Waals surface area contributed by atoms with Crippen LogP contribution >= 0.6 is 0 Å². The Morgan fingerprint density at radius 3 is 2.74 bits per heavy atom. The minimum absolute atomic E-state index is 0.0481. The Hall–Kier alpha value is -1.88. The van der Waals surface area contributed by atoms with Gasteiger partial charge in [0.1, 0.15) is 5.52 Å². The number of amides is 1. The third kappa shape index (κ3) is 2.93. The van der Waals surface area contributed by atoms with Gasteiger partial charge in [-0.25, -0.2) is 4.98 Å². The average Bonchev–Trinajstić information content (AvgIpc) is 2.68. The molecule has 0 saturated carbocycles. The van der Waals surface area contributed by atoms with Gasteiger partial charge in [0.2, 0.25) is 5.91 Å². The molecule has 0 radical (unpaired) electrons. The van der Waals surface area contributed by atoms with Gasteiger partial charge in [0.05, 0.1) is 6.04 Å². The van der Waals surface area contributed by atoms with Gasteiger partial charge < -0.3 is 15.1 Å². The quantitative estimate of drug-likeness (QED) is 0.886. The number of rotatable bonds is 4. The summed E-state index contributed by atoms with van der Waals surface area (Å²) in [5.41, 5.74) is 2.19. The van der Waals surface area contributed by atoms with Gasteiger partial charge in [-0.2, -0.15) is 0 Å². The van der Waals surface area contributed by atoms with E-state index in [1.54, 1.807) is 20.0 Å². The minimum atomic E-state index is -0.216. The third-order valence-corrected chi connectivity index (χ3v) is 3.02. The SMILES string of the molecule is CNC(C(=O)Nc1ccc2nc(C)oc2c1)C(C)C. The molecule has 0 aliphatic rings. The monoisotopic (exact) mass is 261 g/mol. The number of hydrogen-bond donors (Lipinski definition) is 2. The summed E-state index contributed by atoms with van der Waals surface area (Å²) in [4.78, 5) is 16.3. The van der Waals surface area contributed by atoms with Crippen LogP contribution < -0.4 is 10.6 Å². The highest BCUT2D eigenvalue weighted by Crippen LogP contribution is 2.20. The fourth-order valence-electron chi connectivity index (χ4n) is 2.10. The van der Waals surface area contributed by atoms with E-state index in [4.69, 9.17) is 4.42 Å². The van der Waals surface area contributed by atoms with Crippen LogP contribution in [0.3, 0.4) is 0 Å². The Morgan fingerprint density at radius 1 is 1.37 bits per heavy atom. The second kappa shape index (κ2) is 5.40. The summed E-state index contributed by atoms with van der Waals surface area (Å²) in [6.45, 7) is 5.81. The summed E-state index contributed by atoms with van der Waals surface area (Å²) in [6, 6.07) is 5.24. The third-order valence-electron chi connectivity index (χ3n) is 3.02. The van der Waals surface area contributed by atoms with Crippen molar-refractivity contribution in [3.8, 4) is 0 Å². The second-order valence-electron chi connectivity index (χ2n) is 4.92. The number of aryl methyl sites for hydroxylation is 1. The van der Waals surface area contributed by atoms with Crippen molar-refractivity contribution in [3.63, 3.8) is 0 Å². The van der Waals surface area contributed by atoms with Crippen LogP contribution in [0.15, 0.2) is 22.6 Å². The summed E-state index contributed by atoms with van der Waals surface area (Å²) in [6.07, 6.45) is 0. The molecule has 5 nitrogen and oxygen atoms in total. The molecule has 2 N–H and O–H groups in total. The predicted molar refractivity (Wildman–Crippen MR) is 75.1 cm³/mol. The molecule has 1 amide bonds. The fraction of sp³-hybridized carbons (Fsp3) is 0.429. The topological polar surface area (TPSA) is 67.2 Å². The van der Waals surface area contributed by atoms with E-state index in [0.29, 0.717) is 11.5 Å². The van der Waals surface area contributed by atoms with E-state index in [9.17, 15) is 4.79 Å². The molecule has 2 rings (SSSR count). The molecular formula is C14H19N3O2. The van der Waals surface area contributed by atoms with Gasteiger partial charge in [0.25, 0.3) is 0 Å². The lowest BCUT2D eigenvalue weighted by Gasteiger charge is -2.19. The highest BCUT2D eigenvalue weighted by molar-refractivity contribution is 5.96. The van der Waals surface area contributed by atoms with Gasteiger partial charge in [0, 0.05) is 18.7 Å². The molecule has 0 aliphatic heterocycles. The maximum atomic E-state index is 12.1. The average molecular weight is 261 g/mol. The van der Waals surface area contributed by atoms with Crippen molar-refractivity contribution in [2.45, 2.75) is 26.8 Å². The number of benzene rings is 1. The van der Waals surface area contributed by atoms with Crippen LogP contribution in [0.25, 0.3) is 11.1 Å². The van der Waals surface area contributed by atoms with Crippen LogP contribution in [0.2, 0.25) is 0 Å². The van der Waals surface area contributed by atoms with Crippen molar-refractivity contribution in [1.29, 1.82) is 0 Å². The molecule has 0 bridgehead atoms. The van der Waals surface area contributed by atoms with Crippen molar-refractivity contribution < 1.29 is 9.21 Å². The highest BCUT2D eigenvalue weighted by Gasteiger charge is 2.20. The highest BCUT2D eigenvalue weighted by atomic mass is 16.3. The molecule has 1 unspecified atom stereocenters. The lowest BCUT2D eigenvalue weighted by Crippen LogP contribution is -2.42. The zero-order valence-corrected chi connectivity index (χ0v) is 11.7. The molecule has 1 atom stereocenters. The first-order valence-electron chi connectivity index (χ1n) is 6.36. The van der Waals surface area contributed by atoms with Crippen molar-refractivity contribution >= 4 is 22.7 Å². The number of aromatic nitrogens is 1. The number of carbonyl (C=O) groups is 1. The molecular weight excluding hydrogens is 242 g/mol. The molecule has 102 valence electrons. The number of nitrogens with zero attached hydrogens (tertiary/aromatic N) is 1. The van der Waals surface area contributed by atoms with Crippen LogP contribution in [0.1, 0.15) is 19.7 Å².